The molecule has 1 atom stereocenters. The Balaban J connectivity index is 2.96. The molecule has 1 aromatic rings. The maximum Gasteiger partial charge on any atom is 0.305 e. The fourth-order valence-electron chi connectivity index (χ4n) is 1.31. The van der Waals surface area contributed by atoms with Crippen LogP contribution in [0.3, 0.4) is 0 Å². The fourth-order valence-corrected chi connectivity index (χ4v) is 2.01. The molecule has 0 aliphatic rings. The molecule has 0 aliphatic heterocycles. The van der Waals surface area contributed by atoms with Gasteiger partial charge in [-0.15, -0.1) is 0 Å². The molecule has 0 amide bonds. The molecule has 92 valence electrons. The summed E-state index contributed by atoms with van der Waals surface area (Å²) in [6.45, 7) is 3.22. The third-order valence-corrected chi connectivity index (χ3v) is 3.62. The molecule has 1 rings (SSSR count). The van der Waals surface area contributed by atoms with Gasteiger partial charge in [-0.2, -0.15) is 0 Å². The normalized spacial score (nSPS) is 13.0. The number of aliphatic carboxylic acids is 1. The van der Waals surface area contributed by atoms with E-state index in [1.807, 2.05) is 0 Å². The predicted molar refractivity (Wildman–Crippen MR) is 63.0 cm³/mol. The van der Waals surface area contributed by atoms with Crippen molar-refractivity contribution in [3.63, 3.8) is 0 Å². The molecule has 1 aromatic carbocycles. The van der Waals surface area contributed by atoms with Crippen LogP contribution in [0.1, 0.15) is 18.0 Å². The van der Waals surface area contributed by atoms with Gasteiger partial charge in [-0.3, -0.25) is 4.79 Å². The fraction of sp³-hybridized carbons (Fsp3) is 0.182. The third-order valence-electron chi connectivity index (χ3n) is 2.25. The van der Waals surface area contributed by atoms with Crippen molar-refractivity contribution >= 4 is 15.8 Å². The number of benzene rings is 1. The van der Waals surface area contributed by atoms with Crippen molar-refractivity contribution in [2.24, 2.45) is 5.73 Å². The van der Waals surface area contributed by atoms with Gasteiger partial charge in [0.05, 0.1) is 11.3 Å². The lowest BCUT2D eigenvalue weighted by molar-refractivity contribution is -0.137. The first-order chi connectivity index (χ1) is 7.86. The first kappa shape index (κ1) is 13.4. The molecular formula is C11H13NO4S. The van der Waals surface area contributed by atoms with Crippen LogP contribution in [0, 0.1) is 0 Å². The molecule has 6 heteroatoms. The van der Waals surface area contributed by atoms with Crippen LogP contribution in [0.15, 0.2) is 41.1 Å². The van der Waals surface area contributed by atoms with Gasteiger partial charge in [0.15, 0.2) is 9.84 Å². The highest BCUT2D eigenvalue weighted by molar-refractivity contribution is 7.94. The average Bonchev–Trinajstić information content (AvgIpc) is 2.28. The quantitative estimate of drug-likeness (QED) is 0.820. The Kier molecular flexibility index (Phi) is 4.03. The zero-order valence-electron chi connectivity index (χ0n) is 9.04. The van der Waals surface area contributed by atoms with Gasteiger partial charge in [0.25, 0.3) is 0 Å². The minimum absolute atomic E-state index is 0.110. The van der Waals surface area contributed by atoms with E-state index in [1.54, 1.807) is 0 Å². The number of nitrogens with two attached hydrogens (primary N) is 1. The smallest absolute Gasteiger partial charge is 0.305 e. The molecule has 0 saturated carbocycles. The van der Waals surface area contributed by atoms with Crippen LogP contribution in [-0.4, -0.2) is 19.5 Å². The van der Waals surface area contributed by atoms with Crippen LogP contribution >= 0.6 is 0 Å². The van der Waals surface area contributed by atoms with E-state index in [9.17, 15) is 13.2 Å². The van der Waals surface area contributed by atoms with Crippen molar-refractivity contribution in [3.05, 3.63) is 41.8 Å². The molecule has 17 heavy (non-hydrogen) atoms. The van der Waals surface area contributed by atoms with Crippen molar-refractivity contribution in [1.29, 1.82) is 0 Å². The predicted octanol–water partition coefficient (Wildman–Crippen LogP) is 1.08. The summed E-state index contributed by atoms with van der Waals surface area (Å²) >= 11 is 0. The Morgan fingerprint density at radius 2 is 1.94 bits per heavy atom. The number of carboxylic acids is 1. The molecule has 0 spiro atoms. The zero-order chi connectivity index (χ0) is 13.1. The molecular weight excluding hydrogens is 242 g/mol. The average molecular weight is 255 g/mol. The molecule has 0 fully saturated rings. The summed E-state index contributed by atoms with van der Waals surface area (Å²) in [7, 11) is -3.46. The van der Waals surface area contributed by atoms with Crippen LogP contribution in [0.5, 0.6) is 0 Å². The molecule has 0 bridgehead atoms. The highest BCUT2D eigenvalue weighted by Gasteiger charge is 2.13. The second-order valence-corrected chi connectivity index (χ2v) is 5.38. The van der Waals surface area contributed by atoms with Crippen molar-refractivity contribution in [2.45, 2.75) is 17.4 Å². The van der Waals surface area contributed by atoms with E-state index in [4.69, 9.17) is 10.8 Å². The van der Waals surface area contributed by atoms with E-state index < -0.39 is 21.8 Å². The highest BCUT2D eigenvalue weighted by atomic mass is 32.2. The van der Waals surface area contributed by atoms with Crippen molar-refractivity contribution in [1.82, 2.24) is 0 Å². The Labute approximate surface area is 99.5 Å². The van der Waals surface area contributed by atoms with E-state index in [-0.39, 0.29) is 11.3 Å². The third kappa shape index (κ3) is 3.40. The number of carboxylic acid groups (broad SMARTS) is 1. The molecule has 0 radical (unpaired) electrons. The summed E-state index contributed by atoms with van der Waals surface area (Å²) < 4.78 is 22.8. The van der Waals surface area contributed by atoms with Crippen LogP contribution in [-0.2, 0) is 14.6 Å². The first-order valence-corrected chi connectivity index (χ1v) is 6.36. The second kappa shape index (κ2) is 5.11. The maximum atomic E-state index is 11.4. The molecule has 0 aromatic heterocycles. The van der Waals surface area contributed by atoms with Crippen LogP contribution in [0.4, 0.5) is 0 Å². The van der Waals surface area contributed by atoms with Gasteiger partial charge in [0.1, 0.15) is 0 Å². The summed E-state index contributed by atoms with van der Waals surface area (Å²) in [5.74, 6) is -1.000. The largest absolute Gasteiger partial charge is 0.481 e. The van der Waals surface area contributed by atoms with Gasteiger partial charge >= 0.3 is 5.97 Å². The Hall–Kier alpha value is -1.66. The first-order valence-electron chi connectivity index (χ1n) is 4.81. The van der Waals surface area contributed by atoms with Crippen molar-refractivity contribution < 1.29 is 18.3 Å². The molecule has 3 N–H and O–H groups in total. The lowest BCUT2D eigenvalue weighted by atomic mass is 10.1. The second-order valence-electron chi connectivity index (χ2n) is 3.49. The number of sulfone groups is 1. The zero-order valence-corrected chi connectivity index (χ0v) is 9.85. The topological polar surface area (TPSA) is 97.5 Å². The van der Waals surface area contributed by atoms with Crippen molar-refractivity contribution in [3.8, 4) is 0 Å². The minimum atomic E-state index is -3.46. The van der Waals surface area contributed by atoms with E-state index in [2.05, 4.69) is 6.58 Å². The van der Waals surface area contributed by atoms with Gasteiger partial charge in [-0.05, 0) is 17.7 Å². The minimum Gasteiger partial charge on any atom is -0.481 e. The number of hydrogen-bond donors (Lipinski definition) is 2. The van der Waals surface area contributed by atoms with Gasteiger partial charge in [0, 0.05) is 11.4 Å². The highest BCUT2D eigenvalue weighted by Crippen LogP contribution is 2.18. The lowest BCUT2D eigenvalue weighted by Crippen LogP contribution is -2.15. The van der Waals surface area contributed by atoms with Gasteiger partial charge in [0.2, 0.25) is 0 Å². The van der Waals surface area contributed by atoms with E-state index in [1.165, 1.54) is 24.3 Å². The monoisotopic (exact) mass is 255 g/mol. The molecule has 0 saturated heterocycles. The molecule has 0 heterocycles. The van der Waals surface area contributed by atoms with E-state index >= 15 is 0 Å². The van der Waals surface area contributed by atoms with Gasteiger partial charge < -0.3 is 10.8 Å². The molecule has 5 nitrogen and oxygen atoms in total. The summed E-state index contributed by atoms with van der Waals surface area (Å²) in [5, 5.41) is 9.44. The maximum absolute atomic E-state index is 11.4. The van der Waals surface area contributed by atoms with Crippen LogP contribution in [0.25, 0.3) is 0 Å². The van der Waals surface area contributed by atoms with E-state index in [0.717, 1.165) is 5.41 Å². The van der Waals surface area contributed by atoms with E-state index in [0.29, 0.717) is 5.56 Å². The Bertz CT molecular complexity index is 519. The summed E-state index contributed by atoms with van der Waals surface area (Å²) in [4.78, 5) is 10.6. The lowest BCUT2D eigenvalue weighted by Gasteiger charge is -2.09. The van der Waals surface area contributed by atoms with Crippen molar-refractivity contribution in [2.75, 3.05) is 0 Å². The Morgan fingerprint density at radius 3 is 2.35 bits per heavy atom. The molecule has 0 aliphatic carbocycles. The molecule has 1 unspecified atom stereocenters. The Morgan fingerprint density at radius 1 is 1.41 bits per heavy atom. The standard InChI is InChI=1S/C11H13NO4S/c1-2-17(15,16)9-5-3-8(4-6-9)10(12)7-11(13)14/h2-6,10H,1,7,12H2,(H,13,14). The summed E-state index contributed by atoms with van der Waals surface area (Å²) in [5.41, 5.74) is 6.22. The van der Waals surface area contributed by atoms with Gasteiger partial charge in [-0.25, -0.2) is 8.42 Å². The van der Waals surface area contributed by atoms with Crippen LogP contribution in [0.2, 0.25) is 0 Å². The summed E-state index contributed by atoms with van der Waals surface area (Å²) in [6, 6.07) is 5.13. The number of carbonyl (C=O) groups is 1. The van der Waals surface area contributed by atoms with Crippen LogP contribution < -0.4 is 5.73 Å². The summed E-state index contributed by atoms with van der Waals surface area (Å²) in [6.07, 6.45) is -0.201. The van der Waals surface area contributed by atoms with Gasteiger partial charge in [-0.1, -0.05) is 18.7 Å². The number of rotatable bonds is 5. The number of hydrogen-bond acceptors (Lipinski definition) is 4. The SMILES string of the molecule is C=CS(=O)(=O)c1ccc(C(N)CC(=O)O)cc1.